The summed E-state index contributed by atoms with van der Waals surface area (Å²) in [6.07, 6.45) is 19.8. The molecule has 0 bridgehead atoms. The van der Waals surface area contributed by atoms with Crippen molar-refractivity contribution in [2.45, 2.75) is 262 Å². The monoisotopic (exact) mass is 1870 g/mol. The number of benzene rings is 8. The highest BCUT2D eigenvalue weighted by Crippen LogP contribution is 2.37. The van der Waals surface area contributed by atoms with E-state index in [0.717, 1.165) is 127 Å². The van der Waals surface area contributed by atoms with Crippen molar-refractivity contribution in [1.82, 2.24) is 20.9 Å². The Morgan fingerprint density at radius 1 is 0.412 bits per heavy atom. The molecule has 0 radical (unpaired) electrons. The quantitative estimate of drug-likeness (QED) is 0.0109. The van der Waals surface area contributed by atoms with Crippen LogP contribution >= 0.6 is 0 Å². The number of carbonyl (C=O) groups excluding carboxylic acids is 10. The SMILES string of the molecule is CC(C)(C)OC(=O)Nc1ccccc1NC1CCCCC1.COC(=O)[C@@H](CN(c1ccccc1N)C1CCCCC1)NC(=O)OCc1ccccc1.COC(=O)[C@@H](CN(c1ccccc1NC(=O)OC(C)(C)C)C1CCCCC1)NC(=O)OCc1ccccc1.COC(=O)[C@H]1CN1C(=O)OCc1ccccc1.O=C(N[C@@H]1CN(C2CCCCC2)c2ccccc2CC1=O)OCc1ccccc1. The first-order chi connectivity index (χ1) is 65.6. The number of amides is 6. The molecule has 0 spiro atoms. The van der Waals surface area contributed by atoms with Gasteiger partial charge in [0.2, 0.25) is 0 Å². The molecule has 6 amide bonds. The maximum Gasteiger partial charge on any atom is 0.412 e. The zero-order valence-electron chi connectivity index (χ0n) is 80.0. The lowest BCUT2D eigenvalue weighted by atomic mass is 9.93. The van der Waals surface area contributed by atoms with Gasteiger partial charge in [-0.2, -0.15) is 0 Å². The number of esters is 3. The first-order valence-electron chi connectivity index (χ1n) is 47.4. The number of nitrogens with zero attached hydrogens (tertiary/aromatic N) is 4. The summed E-state index contributed by atoms with van der Waals surface area (Å²) in [6, 6.07) is 66.9. The minimum Gasteiger partial charge on any atom is -0.467 e. The standard InChI is InChI=1S/C29H39N3O6.C24H31N3O4.C24H28N2O3.C17H26N2O2.C12H13NO4/c1-29(2,3)38-28(35)30-23-17-11-12-18-25(23)32(22-15-9-6-10-16-22)19-24(26(33)36-4)31-27(34)37-20-21-13-7-5-8-14-21;1-30-23(28)21(26-24(29)31-17-18-10-4-2-5-11-18)16-27(19-12-6-3-7-13-19)22-15-9-8-14-20(22)25;27-23-15-19-11-7-8-14-22(19)26(20-12-5-2-6-13-20)16-21(23)25-24(28)29-17-18-9-3-1-4-10-18;1-17(2,3)21-16(20)19-15-12-8-7-11-14(15)18-13-9-5-4-6-10-13;1-16-11(14)10-7-13(10)12(15)17-8-9-5-3-2-4-6-9/h5,7-8,11-14,17-18,22,24H,6,9-10,15-16,19-20H2,1-4H3,(H,30,35)(H,31,34);2,4-5,8-11,14-15,19,21H,3,6-7,12-13,16-17,25H2,1H3,(H,26,29);1,3-4,7-11,14,20-21H,2,5-6,12-13,15-17H2,(H,25,28);7-8,11-13,18H,4-6,9-10H2,1-3H3,(H,19,20);2-6,10H,7-8H2,1H3/t24-;2*21-;;10-,13?/m111.1/s1. The number of carbonyl (C=O) groups is 10. The molecule has 30 heteroatoms. The Morgan fingerprint density at radius 2 is 0.801 bits per heavy atom. The van der Waals surface area contributed by atoms with Crippen LogP contribution < -0.4 is 52.3 Å². The maximum absolute atomic E-state index is 12.9. The van der Waals surface area contributed by atoms with Crippen LogP contribution in [0.2, 0.25) is 0 Å². The second kappa shape index (κ2) is 54.1. The molecule has 0 unspecified atom stereocenters. The number of para-hydroxylation sites is 7. The summed E-state index contributed by atoms with van der Waals surface area (Å²) in [6.45, 7) is 12.9. The number of rotatable bonds is 27. The summed E-state index contributed by atoms with van der Waals surface area (Å²) in [5.74, 6) is -1.47. The van der Waals surface area contributed by atoms with Gasteiger partial charge in [-0.3, -0.25) is 20.3 Å². The zero-order valence-corrected chi connectivity index (χ0v) is 80.0. The number of ketones is 1. The van der Waals surface area contributed by atoms with Crippen LogP contribution in [0.3, 0.4) is 0 Å². The zero-order chi connectivity index (χ0) is 97.2. The Kier molecular flexibility index (Phi) is 41.6. The molecular formula is C106H137N11O19. The van der Waals surface area contributed by atoms with Crippen LogP contribution in [0, 0.1) is 0 Å². The largest absolute Gasteiger partial charge is 0.467 e. The van der Waals surface area contributed by atoms with E-state index in [9.17, 15) is 47.9 Å². The summed E-state index contributed by atoms with van der Waals surface area (Å²) in [5, 5.41) is 17.4. The highest BCUT2D eigenvalue weighted by Gasteiger charge is 2.46. The van der Waals surface area contributed by atoms with E-state index in [0.29, 0.717) is 43.0 Å². The van der Waals surface area contributed by atoms with Crippen LogP contribution in [0.4, 0.5) is 68.6 Å². The highest BCUT2D eigenvalue weighted by atomic mass is 16.6. The molecule has 30 nitrogen and oxygen atoms in total. The fourth-order valence-electron chi connectivity index (χ4n) is 17.0. The Morgan fingerprint density at radius 3 is 1.26 bits per heavy atom. The van der Waals surface area contributed by atoms with Gasteiger partial charge in [-0.1, -0.05) is 253 Å². The van der Waals surface area contributed by atoms with Gasteiger partial charge in [-0.25, -0.2) is 43.2 Å². The molecule has 8 N–H and O–H groups in total. The van der Waals surface area contributed by atoms with Gasteiger partial charge in [-0.15, -0.1) is 0 Å². The first-order valence-corrected chi connectivity index (χ1v) is 47.4. The number of ether oxygens (including phenoxy) is 9. The molecular weight excluding hydrogens is 1730 g/mol. The van der Waals surface area contributed by atoms with Crippen molar-refractivity contribution in [3.05, 3.63) is 246 Å². The molecule has 4 saturated carbocycles. The third-order valence-corrected chi connectivity index (χ3v) is 23.9. The van der Waals surface area contributed by atoms with E-state index in [4.69, 9.17) is 43.6 Å². The second-order valence-electron chi connectivity index (χ2n) is 36.5. The molecule has 136 heavy (non-hydrogen) atoms. The summed E-state index contributed by atoms with van der Waals surface area (Å²) in [7, 11) is 3.90. The highest BCUT2D eigenvalue weighted by molar-refractivity contribution is 5.94. The Balaban J connectivity index is 0.000000180. The summed E-state index contributed by atoms with van der Waals surface area (Å²) in [5.41, 5.74) is 15.4. The number of hydrogen-bond acceptors (Lipinski definition) is 24. The number of nitrogen functional groups attached to an aromatic ring is 1. The van der Waals surface area contributed by atoms with E-state index in [1.807, 2.05) is 227 Å². The third kappa shape index (κ3) is 35.4. The average molecular weight is 1870 g/mol. The lowest BCUT2D eigenvalue weighted by Crippen LogP contribution is -2.52. The van der Waals surface area contributed by atoms with Crippen LogP contribution in [-0.4, -0.2) is 172 Å². The number of hydrogen-bond donors (Lipinski definition) is 7. The Bertz CT molecular complexity index is 5080. The van der Waals surface area contributed by atoms with E-state index in [2.05, 4.69) is 57.4 Å². The number of nitrogens with one attached hydrogen (secondary N) is 6. The van der Waals surface area contributed by atoms with Gasteiger partial charge in [0.25, 0.3) is 0 Å². The minimum atomic E-state index is -0.986. The lowest BCUT2D eigenvalue weighted by Gasteiger charge is -2.38. The second-order valence-corrected chi connectivity index (χ2v) is 36.5. The first kappa shape index (κ1) is 105. The molecule has 4 atom stereocenters. The van der Waals surface area contributed by atoms with E-state index >= 15 is 0 Å². The predicted octanol–water partition coefficient (Wildman–Crippen LogP) is 19.7. The Labute approximate surface area is 799 Å². The fraction of sp³-hybridized carbons (Fsp3) is 0.453. The van der Waals surface area contributed by atoms with Crippen molar-refractivity contribution in [1.29, 1.82) is 0 Å². The van der Waals surface area contributed by atoms with Crippen molar-refractivity contribution in [2.75, 3.05) is 83.9 Å². The van der Waals surface area contributed by atoms with Crippen LogP contribution in [0.1, 0.15) is 198 Å². The van der Waals surface area contributed by atoms with Crippen molar-refractivity contribution in [3.63, 3.8) is 0 Å². The van der Waals surface area contributed by atoms with Crippen molar-refractivity contribution in [3.8, 4) is 0 Å². The Hall–Kier alpha value is -13.5. The number of anilines is 7. The molecule has 2 aliphatic heterocycles. The van der Waals surface area contributed by atoms with E-state index < -0.39 is 89.8 Å². The number of methoxy groups -OCH3 is 3. The molecule has 730 valence electrons. The smallest absolute Gasteiger partial charge is 0.412 e. The van der Waals surface area contributed by atoms with Crippen molar-refractivity contribution in [2.24, 2.45) is 0 Å². The molecule has 2 heterocycles. The fourth-order valence-corrected chi connectivity index (χ4v) is 17.0. The van der Waals surface area contributed by atoms with Gasteiger partial charge >= 0.3 is 54.5 Å². The summed E-state index contributed by atoms with van der Waals surface area (Å²) < 4.78 is 46.4. The van der Waals surface area contributed by atoms with Gasteiger partial charge < -0.3 is 84.3 Å². The van der Waals surface area contributed by atoms with Gasteiger partial charge in [-0.05, 0) is 163 Å². The average Bonchev–Trinajstić information content (AvgIpc) is 1.63. The van der Waals surface area contributed by atoms with E-state index in [1.165, 1.54) is 84.0 Å². The third-order valence-electron chi connectivity index (χ3n) is 23.9. The number of Topliss-reactive ketones (excluding diaryl/α,β-unsaturated/α-hetero) is 1. The molecule has 8 aromatic rings. The number of fused-ring (bicyclic) bond motifs is 1. The normalized spacial score (nSPS) is 16.5. The number of alkyl carbamates (subject to hydrolysis) is 3. The van der Waals surface area contributed by atoms with Crippen LogP contribution in [0.15, 0.2) is 218 Å². The molecule has 6 aliphatic rings. The minimum absolute atomic E-state index is 0.0346. The van der Waals surface area contributed by atoms with Crippen LogP contribution in [0.5, 0.6) is 0 Å². The maximum atomic E-state index is 12.9. The van der Waals surface area contributed by atoms with Gasteiger partial charge in [0.15, 0.2) is 11.8 Å². The van der Waals surface area contributed by atoms with Crippen LogP contribution in [-0.2, 0) is 94.7 Å². The molecule has 0 aromatic heterocycles. The van der Waals surface area contributed by atoms with Gasteiger partial charge in [0.1, 0.15) is 55.8 Å². The lowest BCUT2D eigenvalue weighted by molar-refractivity contribution is -0.143. The van der Waals surface area contributed by atoms with E-state index in [-0.39, 0.29) is 57.4 Å². The molecule has 14 rings (SSSR count). The van der Waals surface area contributed by atoms with Gasteiger partial charge in [0, 0.05) is 55.9 Å². The van der Waals surface area contributed by atoms with Crippen molar-refractivity contribution < 1.29 is 90.6 Å². The van der Waals surface area contributed by atoms with Crippen molar-refractivity contribution >= 4 is 100 Å². The predicted molar refractivity (Wildman–Crippen MR) is 526 cm³/mol. The number of nitrogens with two attached hydrogens (primary N) is 1. The van der Waals surface area contributed by atoms with Gasteiger partial charge in [0.05, 0.1) is 62.0 Å². The van der Waals surface area contributed by atoms with E-state index in [1.54, 1.807) is 26.8 Å². The molecule has 4 aliphatic carbocycles. The molecule has 1 saturated heterocycles. The summed E-state index contributed by atoms with van der Waals surface area (Å²) >= 11 is 0. The summed E-state index contributed by atoms with van der Waals surface area (Å²) in [4.78, 5) is 131. The molecule has 8 aromatic carbocycles. The molecule has 5 fully saturated rings. The topological polar surface area (TPSA) is 365 Å². The van der Waals surface area contributed by atoms with Crippen LogP contribution in [0.25, 0.3) is 0 Å².